The molecule has 24 heavy (non-hydrogen) atoms. The van der Waals surface area contributed by atoms with Crippen LogP contribution in [0, 0.1) is 13.8 Å². The molecule has 0 aliphatic rings. The van der Waals surface area contributed by atoms with Gasteiger partial charge in [-0.1, -0.05) is 36.4 Å². The lowest BCUT2D eigenvalue weighted by Crippen LogP contribution is -2.14. The van der Waals surface area contributed by atoms with Crippen LogP contribution in [0.1, 0.15) is 47.3 Å². The fraction of sp³-hybridized carbons (Fsp3) is 0.294. The predicted molar refractivity (Wildman–Crippen MR) is 89.4 cm³/mol. The molecule has 124 valence electrons. The Bertz CT molecular complexity index is 861. The topological polar surface area (TPSA) is 85.8 Å². The number of rotatable bonds is 4. The van der Waals surface area contributed by atoms with E-state index in [9.17, 15) is 4.79 Å². The maximum absolute atomic E-state index is 12.3. The maximum atomic E-state index is 12.3. The van der Waals surface area contributed by atoms with Gasteiger partial charge in [0.15, 0.2) is 11.5 Å². The minimum absolute atomic E-state index is 0.253. The molecule has 0 radical (unpaired) electrons. The number of aryl methyl sites for hydroxylation is 1. The van der Waals surface area contributed by atoms with E-state index in [2.05, 4.69) is 46.8 Å². The van der Waals surface area contributed by atoms with Crippen LogP contribution in [-0.4, -0.2) is 26.1 Å². The molecule has 3 rings (SSSR count). The highest BCUT2D eigenvalue weighted by molar-refractivity contribution is 6.03. The van der Waals surface area contributed by atoms with Gasteiger partial charge in [0.25, 0.3) is 5.91 Å². The van der Waals surface area contributed by atoms with Crippen LogP contribution in [0.4, 0.5) is 5.82 Å². The summed E-state index contributed by atoms with van der Waals surface area (Å²) < 4.78 is 6.58. The van der Waals surface area contributed by atoms with Crippen LogP contribution < -0.4 is 5.32 Å². The zero-order valence-electron chi connectivity index (χ0n) is 14.1. The predicted octanol–water partition coefficient (Wildman–Crippen LogP) is 3.25. The molecule has 7 nitrogen and oxygen atoms in total. The lowest BCUT2D eigenvalue weighted by atomic mass is 10.0. The number of carbonyl (C=O) groups is 1. The van der Waals surface area contributed by atoms with Gasteiger partial charge in [-0.25, -0.2) is 4.68 Å². The number of benzene rings is 1. The molecule has 7 heteroatoms. The third-order valence-corrected chi connectivity index (χ3v) is 3.78. The summed E-state index contributed by atoms with van der Waals surface area (Å²) in [7, 11) is 0. The molecule has 0 spiro atoms. The van der Waals surface area contributed by atoms with Crippen LogP contribution >= 0.6 is 0 Å². The van der Waals surface area contributed by atoms with Gasteiger partial charge in [0.2, 0.25) is 0 Å². The Morgan fingerprint density at radius 1 is 1.21 bits per heavy atom. The highest BCUT2D eigenvalue weighted by atomic mass is 16.5. The third kappa shape index (κ3) is 3.05. The molecule has 0 fully saturated rings. The van der Waals surface area contributed by atoms with E-state index in [0.717, 1.165) is 5.69 Å². The van der Waals surface area contributed by atoms with Crippen LogP contribution in [0.3, 0.4) is 0 Å². The Labute approximate surface area is 139 Å². The number of carbonyl (C=O) groups excluding carboxylic acids is 1. The number of nitrogens with one attached hydrogen (secondary N) is 1. The molecular weight excluding hydrogens is 306 g/mol. The summed E-state index contributed by atoms with van der Waals surface area (Å²) in [5, 5.41) is 14.5. The zero-order valence-corrected chi connectivity index (χ0v) is 14.1. The van der Waals surface area contributed by atoms with Gasteiger partial charge in [-0.15, -0.1) is 5.10 Å². The van der Waals surface area contributed by atoms with Gasteiger partial charge in [0, 0.05) is 6.07 Å². The van der Waals surface area contributed by atoms with Crippen molar-refractivity contribution < 1.29 is 9.32 Å². The van der Waals surface area contributed by atoms with Gasteiger partial charge in [0.05, 0.1) is 11.4 Å². The van der Waals surface area contributed by atoms with E-state index in [-0.39, 0.29) is 11.6 Å². The minimum atomic E-state index is -0.370. The maximum Gasteiger partial charge on any atom is 0.279 e. The van der Waals surface area contributed by atoms with Crippen molar-refractivity contribution in [3.63, 3.8) is 0 Å². The van der Waals surface area contributed by atoms with E-state index in [1.54, 1.807) is 24.6 Å². The van der Waals surface area contributed by atoms with Gasteiger partial charge in [-0.05, 0) is 37.5 Å². The van der Waals surface area contributed by atoms with E-state index in [1.165, 1.54) is 5.56 Å². The highest BCUT2D eigenvalue weighted by Gasteiger charge is 2.18. The summed E-state index contributed by atoms with van der Waals surface area (Å²) in [6, 6.07) is 9.69. The summed E-state index contributed by atoms with van der Waals surface area (Å²) in [6.45, 7) is 7.85. The van der Waals surface area contributed by atoms with Crippen molar-refractivity contribution in [3.05, 3.63) is 53.0 Å². The van der Waals surface area contributed by atoms with E-state index < -0.39 is 0 Å². The number of nitrogens with zero attached hydrogens (tertiary/aromatic N) is 4. The molecule has 0 unspecified atom stereocenters. The standard InChI is InChI=1S/C17H19N5O2/c1-10(2)13-5-7-14(8-6-13)22-12(4)16(19-21-22)17(23)18-15-9-11(3)24-20-15/h5-10H,1-4H3,(H,18,20,23). The largest absolute Gasteiger partial charge is 0.360 e. The van der Waals surface area contributed by atoms with Crippen LogP contribution in [0.15, 0.2) is 34.9 Å². The molecule has 1 N–H and O–H groups in total. The average molecular weight is 325 g/mol. The molecule has 0 aliphatic carbocycles. The molecule has 0 atom stereocenters. The second kappa shape index (κ2) is 6.27. The molecule has 0 bridgehead atoms. The van der Waals surface area contributed by atoms with Crippen molar-refractivity contribution in [3.8, 4) is 5.69 Å². The number of hydrogen-bond acceptors (Lipinski definition) is 5. The van der Waals surface area contributed by atoms with Crippen LogP contribution in [0.25, 0.3) is 5.69 Å². The Kier molecular flexibility index (Phi) is 4.16. The Hall–Kier alpha value is -2.96. The molecule has 0 aliphatic heterocycles. The van der Waals surface area contributed by atoms with Gasteiger partial charge >= 0.3 is 0 Å². The van der Waals surface area contributed by atoms with Crippen molar-refractivity contribution in [2.75, 3.05) is 5.32 Å². The monoisotopic (exact) mass is 325 g/mol. The molecule has 3 aromatic rings. The number of aromatic nitrogens is 4. The third-order valence-electron chi connectivity index (χ3n) is 3.78. The summed E-state index contributed by atoms with van der Waals surface area (Å²) in [5.41, 5.74) is 3.02. The first-order valence-corrected chi connectivity index (χ1v) is 7.73. The summed E-state index contributed by atoms with van der Waals surface area (Å²) in [6.07, 6.45) is 0. The first kappa shape index (κ1) is 15.9. The molecule has 2 aromatic heterocycles. The molecule has 1 amide bonds. The van der Waals surface area contributed by atoms with Crippen LogP contribution in [0.2, 0.25) is 0 Å². The van der Waals surface area contributed by atoms with E-state index in [4.69, 9.17) is 4.52 Å². The van der Waals surface area contributed by atoms with Crippen molar-refractivity contribution in [2.24, 2.45) is 0 Å². The summed E-state index contributed by atoms with van der Waals surface area (Å²) in [4.78, 5) is 12.3. The molecule has 1 aromatic carbocycles. The quantitative estimate of drug-likeness (QED) is 0.796. The fourth-order valence-electron chi connectivity index (χ4n) is 2.39. The Balaban J connectivity index is 1.84. The normalized spacial score (nSPS) is 11.0. The van der Waals surface area contributed by atoms with Crippen LogP contribution in [-0.2, 0) is 0 Å². The van der Waals surface area contributed by atoms with Gasteiger partial charge in [0.1, 0.15) is 5.76 Å². The Morgan fingerprint density at radius 3 is 2.50 bits per heavy atom. The lowest BCUT2D eigenvalue weighted by Gasteiger charge is -2.07. The lowest BCUT2D eigenvalue weighted by molar-refractivity contribution is 0.102. The highest BCUT2D eigenvalue weighted by Crippen LogP contribution is 2.18. The Morgan fingerprint density at radius 2 is 1.92 bits per heavy atom. The first-order chi connectivity index (χ1) is 11.5. The van der Waals surface area contributed by atoms with Crippen molar-refractivity contribution in [1.29, 1.82) is 0 Å². The second-order valence-electron chi connectivity index (χ2n) is 5.96. The average Bonchev–Trinajstić information content (AvgIpc) is 3.13. The number of amides is 1. The number of hydrogen-bond donors (Lipinski definition) is 1. The van der Waals surface area contributed by atoms with E-state index in [0.29, 0.717) is 23.2 Å². The van der Waals surface area contributed by atoms with Gasteiger partial charge in [-0.3, -0.25) is 4.79 Å². The SMILES string of the molecule is Cc1cc(NC(=O)c2nnn(-c3ccc(C(C)C)cc3)c2C)no1. The zero-order chi connectivity index (χ0) is 17.3. The van der Waals surface area contributed by atoms with E-state index >= 15 is 0 Å². The molecule has 0 saturated carbocycles. The summed E-state index contributed by atoms with van der Waals surface area (Å²) >= 11 is 0. The molecule has 2 heterocycles. The molecule has 0 saturated heterocycles. The fourth-order valence-corrected chi connectivity index (χ4v) is 2.39. The van der Waals surface area contributed by atoms with Gasteiger partial charge in [-0.2, -0.15) is 0 Å². The smallest absolute Gasteiger partial charge is 0.279 e. The first-order valence-electron chi connectivity index (χ1n) is 7.73. The van der Waals surface area contributed by atoms with Crippen molar-refractivity contribution >= 4 is 11.7 Å². The minimum Gasteiger partial charge on any atom is -0.360 e. The number of anilines is 1. The second-order valence-corrected chi connectivity index (χ2v) is 5.96. The summed E-state index contributed by atoms with van der Waals surface area (Å²) in [5.74, 6) is 1.07. The van der Waals surface area contributed by atoms with Gasteiger partial charge < -0.3 is 9.84 Å². The van der Waals surface area contributed by atoms with Crippen molar-refractivity contribution in [1.82, 2.24) is 20.2 Å². The van der Waals surface area contributed by atoms with E-state index in [1.807, 2.05) is 12.1 Å². The molecular formula is C17H19N5O2. The van der Waals surface area contributed by atoms with Crippen LogP contribution in [0.5, 0.6) is 0 Å². The van der Waals surface area contributed by atoms with Crippen molar-refractivity contribution in [2.45, 2.75) is 33.6 Å².